The van der Waals surface area contributed by atoms with E-state index < -0.39 is 10.7 Å². The zero-order chi connectivity index (χ0) is 14.0. The Labute approximate surface area is 108 Å². The van der Waals surface area contributed by atoms with Crippen LogP contribution in [0.15, 0.2) is 18.5 Å². The van der Waals surface area contributed by atoms with E-state index in [4.69, 9.17) is 0 Å². The molecule has 1 aromatic carbocycles. The molecule has 100 valence electrons. The minimum absolute atomic E-state index is 0.243. The Bertz CT molecular complexity index is 599. The van der Waals surface area contributed by atoms with E-state index in [-0.39, 0.29) is 17.4 Å². The fourth-order valence-corrected chi connectivity index (χ4v) is 1.66. The Hall–Kier alpha value is -2.51. The first-order valence-electron chi connectivity index (χ1n) is 5.55. The summed E-state index contributed by atoms with van der Waals surface area (Å²) in [5.41, 5.74) is 0.264. The zero-order valence-corrected chi connectivity index (χ0v) is 10.3. The minimum atomic E-state index is -0.627. The van der Waals surface area contributed by atoms with Crippen LogP contribution in [-0.2, 0) is 0 Å². The summed E-state index contributed by atoms with van der Waals surface area (Å²) in [7, 11) is 0. The Kier molecular flexibility index (Phi) is 3.41. The topological polar surface area (TPSA) is 96.7 Å². The summed E-state index contributed by atoms with van der Waals surface area (Å²) in [6.07, 6.45) is 1.35. The number of halogens is 1. The van der Waals surface area contributed by atoms with E-state index in [0.29, 0.717) is 11.4 Å². The molecule has 0 amide bonds. The molecule has 0 aliphatic carbocycles. The van der Waals surface area contributed by atoms with Gasteiger partial charge in [-0.3, -0.25) is 15.2 Å². The van der Waals surface area contributed by atoms with Gasteiger partial charge in [0, 0.05) is 0 Å². The average molecular weight is 265 g/mol. The number of aryl methyl sites for hydroxylation is 1. The number of nitro groups is 1. The van der Waals surface area contributed by atoms with E-state index >= 15 is 0 Å². The van der Waals surface area contributed by atoms with Crippen LogP contribution in [0.4, 0.5) is 15.8 Å². The van der Waals surface area contributed by atoms with Crippen LogP contribution in [0.25, 0.3) is 0 Å². The summed E-state index contributed by atoms with van der Waals surface area (Å²) in [6.45, 7) is 3.31. The molecule has 0 bridgehead atoms. The van der Waals surface area contributed by atoms with E-state index in [1.807, 2.05) is 0 Å². The Morgan fingerprint density at radius 1 is 1.53 bits per heavy atom. The third-order valence-corrected chi connectivity index (χ3v) is 2.69. The van der Waals surface area contributed by atoms with Crippen LogP contribution in [0.3, 0.4) is 0 Å². The molecular weight excluding hydrogens is 253 g/mol. The normalized spacial score (nSPS) is 12.2. The maximum atomic E-state index is 13.4. The van der Waals surface area contributed by atoms with Crippen LogP contribution in [0, 0.1) is 22.9 Å². The SMILES string of the molecule is Cc1cc(NC(C)c2ncn[nH]2)c([N+](=O)[O-])cc1F. The quantitative estimate of drug-likeness (QED) is 0.653. The van der Waals surface area contributed by atoms with Crippen molar-refractivity contribution in [2.24, 2.45) is 0 Å². The number of H-pyrrole nitrogens is 1. The number of nitro benzene ring substituents is 1. The Balaban J connectivity index is 2.33. The molecule has 0 fully saturated rings. The van der Waals surface area contributed by atoms with Crippen LogP contribution >= 0.6 is 0 Å². The smallest absolute Gasteiger partial charge is 0.295 e. The number of nitrogens with one attached hydrogen (secondary N) is 2. The highest BCUT2D eigenvalue weighted by atomic mass is 19.1. The second-order valence-electron chi connectivity index (χ2n) is 4.11. The summed E-state index contributed by atoms with van der Waals surface area (Å²) >= 11 is 0. The zero-order valence-electron chi connectivity index (χ0n) is 10.3. The van der Waals surface area contributed by atoms with Gasteiger partial charge in [-0.2, -0.15) is 5.10 Å². The number of anilines is 1. The first kappa shape index (κ1) is 12.9. The van der Waals surface area contributed by atoms with Crippen molar-refractivity contribution in [3.8, 4) is 0 Å². The monoisotopic (exact) mass is 265 g/mol. The van der Waals surface area contributed by atoms with Crippen LogP contribution in [0.2, 0.25) is 0 Å². The summed E-state index contributed by atoms with van der Waals surface area (Å²) in [5, 5.41) is 20.2. The summed E-state index contributed by atoms with van der Waals surface area (Å²) in [6, 6.07) is 2.00. The highest BCUT2D eigenvalue weighted by Gasteiger charge is 2.19. The molecule has 0 saturated carbocycles. The van der Waals surface area contributed by atoms with Gasteiger partial charge in [0.1, 0.15) is 23.7 Å². The van der Waals surface area contributed by atoms with E-state index in [9.17, 15) is 14.5 Å². The lowest BCUT2D eigenvalue weighted by Crippen LogP contribution is -2.10. The molecular formula is C11H12FN5O2. The van der Waals surface area contributed by atoms with Crippen LogP contribution in [0.5, 0.6) is 0 Å². The van der Waals surface area contributed by atoms with Gasteiger partial charge in [-0.25, -0.2) is 9.37 Å². The molecule has 0 saturated heterocycles. The fourth-order valence-electron chi connectivity index (χ4n) is 1.66. The van der Waals surface area contributed by atoms with Crippen molar-refractivity contribution >= 4 is 11.4 Å². The van der Waals surface area contributed by atoms with Gasteiger partial charge < -0.3 is 5.32 Å². The van der Waals surface area contributed by atoms with E-state index in [1.54, 1.807) is 13.8 Å². The van der Waals surface area contributed by atoms with Gasteiger partial charge in [0.25, 0.3) is 5.69 Å². The van der Waals surface area contributed by atoms with E-state index in [1.165, 1.54) is 12.4 Å². The number of benzene rings is 1. The molecule has 1 unspecified atom stereocenters. The molecule has 8 heteroatoms. The second-order valence-corrected chi connectivity index (χ2v) is 4.11. The van der Waals surface area contributed by atoms with Gasteiger partial charge in [-0.1, -0.05) is 0 Å². The van der Waals surface area contributed by atoms with Crippen LogP contribution in [-0.4, -0.2) is 20.1 Å². The predicted octanol–water partition coefficient (Wildman–Crippen LogP) is 2.33. The molecule has 19 heavy (non-hydrogen) atoms. The Morgan fingerprint density at radius 2 is 2.26 bits per heavy atom. The number of aromatic nitrogens is 3. The second kappa shape index (κ2) is 5.01. The summed E-state index contributed by atoms with van der Waals surface area (Å²) < 4.78 is 13.4. The van der Waals surface area contributed by atoms with Crippen molar-refractivity contribution in [3.05, 3.63) is 45.8 Å². The molecule has 2 rings (SSSR count). The van der Waals surface area contributed by atoms with Crippen molar-refractivity contribution in [2.75, 3.05) is 5.32 Å². The molecule has 7 nitrogen and oxygen atoms in total. The summed E-state index contributed by atoms with van der Waals surface area (Å²) in [4.78, 5) is 14.2. The van der Waals surface area contributed by atoms with Crippen LogP contribution < -0.4 is 5.32 Å². The fraction of sp³-hybridized carbons (Fsp3) is 0.273. The first-order chi connectivity index (χ1) is 8.99. The molecule has 1 heterocycles. The lowest BCUT2D eigenvalue weighted by atomic mass is 10.1. The molecule has 0 spiro atoms. The van der Waals surface area contributed by atoms with Gasteiger partial charge in [0.15, 0.2) is 0 Å². The molecule has 2 aromatic rings. The Morgan fingerprint density at radius 3 is 2.84 bits per heavy atom. The number of rotatable bonds is 4. The van der Waals surface area contributed by atoms with Gasteiger partial charge in [0.05, 0.1) is 17.0 Å². The minimum Gasteiger partial charge on any atom is -0.370 e. The molecule has 0 radical (unpaired) electrons. The maximum absolute atomic E-state index is 13.4. The molecule has 0 aliphatic heterocycles. The lowest BCUT2D eigenvalue weighted by molar-refractivity contribution is -0.384. The summed E-state index contributed by atoms with van der Waals surface area (Å²) in [5.74, 6) is -0.0687. The number of aromatic amines is 1. The van der Waals surface area contributed by atoms with Crippen LogP contribution in [0.1, 0.15) is 24.4 Å². The van der Waals surface area contributed by atoms with Gasteiger partial charge in [-0.05, 0) is 25.5 Å². The van der Waals surface area contributed by atoms with Gasteiger partial charge in [-0.15, -0.1) is 0 Å². The van der Waals surface area contributed by atoms with Gasteiger partial charge >= 0.3 is 0 Å². The highest BCUT2D eigenvalue weighted by Crippen LogP contribution is 2.29. The van der Waals surface area contributed by atoms with Crippen molar-refractivity contribution in [2.45, 2.75) is 19.9 Å². The average Bonchev–Trinajstić information content (AvgIpc) is 2.86. The highest BCUT2D eigenvalue weighted by molar-refractivity contribution is 5.63. The molecule has 2 N–H and O–H groups in total. The van der Waals surface area contributed by atoms with Crippen molar-refractivity contribution in [1.29, 1.82) is 0 Å². The van der Waals surface area contributed by atoms with E-state index in [0.717, 1.165) is 6.07 Å². The standard InChI is InChI=1S/C11H12FN5O2/c1-6-3-9(10(17(18)19)4-8(6)12)15-7(2)11-13-5-14-16-11/h3-5,7,15H,1-2H3,(H,13,14,16). The van der Waals surface area contributed by atoms with E-state index in [2.05, 4.69) is 20.5 Å². The first-order valence-corrected chi connectivity index (χ1v) is 5.55. The van der Waals surface area contributed by atoms with Gasteiger partial charge in [0.2, 0.25) is 0 Å². The van der Waals surface area contributed by atoms with Crippen molar-refractivity contribution in [3.63, 3.8) is 0 Å². The maximum Gasteiger partial charge on any atom is 0.295 e. The molecule has 1 aromatic heterocycles. The molecule has 0 aliphatic rings. The number of hydrogen-bond donors (Lipinski definition) is 2. The van der Waals surface area contributed by atoms with Crippen molar-refractivity contribution < 1.29 is 9.31 Å². The predicted molar refractivity (Wildman–Crippen MR) is 66.2 cm³/mol. The molecule has 1 atom stereocenters. The third-order valence-electron chi connectivity index (χ3n) is 2.69. The number of nitrogens with zero attached hydrogens (tertiary/aromatic N) is 3. The lowest BCUT2D eigenvalue weighted by Gasteiger charge is -2.13. The largest absolute Gasteiger partial charge is 0.370 e. The third kappa shape index (κ3) is 2.67. The van der Waals surface area contributed by atoms with Crippen molar-refractivity contribution in [1.82, 2.24) is 15.2 Å². The number of hydrogen-bond acceptors (Lipinski definition) is 5.